The van der Waals surface area contributed by atoms with Gasteiger partial charge in [0, 0.05) is 0 Å². The van der Waals surface area contributed by atoms with E-state index in [-0.39, 0.29) is 12.7 Å². The molecule has 3 nitrogen and oxygen atoms in total. The van der Waals surface area contributed by atoms with Crippen LogP contribution in [0.1, 0.15) is 20.3 Å². The van der Waals surface area contributed by atoms with Crippen LogP contribution in [0.15, 0.2) is 0 Å². The minimum atomic E-state index is -1.03. The minimum absolute atomic E-state index is 0.0753. The lowest BCUT2D eigenvalue weighted by Crippen LogP contribution is -2.22. The number of carbonyl (C=O) groups is 1. The minimum Gasteiger partial charge on any atom is -0.480 e. The van der Waals surface area contributed by atoms with Crippen molar-refractivity contribution in [1.82, 2.24) is 0 Å². The number of rotatable bonds is 5. The number of halogens is 1. The Kier molecular flexibility index (Phi) is 5.24. The van der Waals surface area contributed by atoms with Crippen molar-refractivity contribution in [3.05, 3.63) is 0 Å². The SMILES string of the molecule is CCC(C)OCC(Cl)C(=O)O. The van der Waals surface area contributed by atoms with Crippen LogP contribution in [-0.4, -0.2) is 29.2 Å². The Bertz CT molecular complexity index is 127. The largest absolute Gasteiger partial charge is 0.480 e. The molecule has 1 N–H and O–H groups in total. The fourth-order valence-corrected chi connectivity index (χ4v) is 0.511. The zero-order valence-corrected chi connectivity index (χ0v) is 7.47. The Balaban J connectivity index is 3.45. The van der Waals surface area contributed by atoms with Crippen LogP contribution in [0.4, 0.5) is 0 Å². The molecule has 0 amide bonds. The fraction of sp³-hybridized carbons (Fsp3) is 0.857. The van der Waals surface area contributed by atoms with Gasteiger partial charge in [0.05, 0.1) is 12.7 Å². The summed E-state index contributed by atoms with van der Waals surface area (Å²) in [6.07, 6.45) is 0.944. The number of hydrogen-bond acceptors (Lipinski definition) is 2. The average molecular weight is 181 g/mol. The summed E-state index contributed by atoms with van der Waals surface area (Å²) in [5.74, 6) is -1.03. The van der Waals surface area contributed by atoms with Crippen LogP contribution in [0, 0.1) is 0 Å². The Hall–Kier alpha value is -0.280. The third-order valence-electron chi connectivity index (χ3n) is 1.37. The molecule has 0 saturated carbocycles. The molecule has 0 heterocycles. The molecule has 0 spiro atoms. The number of aliphatic carboxylic acids is 1. The maximum Gasteiger partial charge on any atom is 0.324 e. The van der Waals surface area contributed by atoms with E-state index in [1.807, 2.05) is 13.8 Å². The lowest BCUT2D eigenvalue weighted by atomic mass is 10.3. The van der Waals surface area contributed by atoms with Crippen molar-refractivity contribution < 1.29 is 14.6 Å². The van der Waals surface area contributed by atoms with E-state index in [9.17, 15) is 4.79 Å². The first-order valence-corrected chi connectivity index (χ1v) is 4.00. The summed E-state index contributed by atoms with van der Waals surface area (Å²) in [7, 11) is 0. The van der Waals surface area contributed by atoms with Crippen molar-refractivity contribution in [2.24, 2.45) is 0 Å². The predicted octanol–water partition coefficient (Wildman–Crippen LogP) is 1.49. The second-order valence-corrected chi connectivity index (χ2v) is 2.88. The maximum atomic E-state index is 10.2. The zero-order chi connectivity index (χ0) is 8.85. The van der Waals surface area contributed by atoms with Gasteiger partial charge in [-0.1, -0.05) is 6.92 Å². The Morgan fingerprint density at radius 3 is 2.64 bits per heavy atom. The molecule has 0 aromatic heterocycles. The second-order valence-electron chi connectivity index (χ2n) is 2.36. The molecule has 0 aliphatic heterocycles. The van der Waals surface area contributed by atoms with Gasteiger partial charge in [-0.25, -0.2) is 0 Å². The van der Waals surface area contributed by atoms with Gasteiger partial charge in [-0.05, 0) is 13.3 Å². The molecule has 0 rings (SSSR count). The number of carboxylic acids is 1. The van der Waals surface area contributed by atoms with Crippen molar-refractivity contribution in [3.63, 3.8) is 0 Å². The van der Waals surface area contributed by atoms with E-state index < -0.39 is 11.3 Å². The molecule has 0 bridgehead atoms. The van der Waals surface area contributed by atoms with Gasteiger partial charge < -0.3 is 9.84 Å². The van der Waals surface area contributed by atoms with Crippen molar-refractivity contribution in [3.8, 4) is 0 Å². The molecule has 0 aliphatic carbocycles. The topological polar surface area (TPSA) is 46.5 Å². The van der Waals surface area contributed by atoms with E-state index >= 15 is 0 Å². The second kappa shape index (κ2) is 5.38. The molecule has 4 heteroatoms. The molecule has 66 valence electrons. The standard InChI is InChI=1S/C7H13ClO3/c1-3-5(2)11-4-6(8)7(9)10/h5-6H,3-4H2,1-2H3,(H,9,10). The van der Waals surface area contributed by atoms with Gasteiger partial charge in [-0.3, -0.25) is 4.79 Å². The number of hydrogen-bond donors (Lipinski definition) is 1. The molecular formula is C7H13ClO3. The summed E-state index contributed by atoms with van der Waals surface area (Å²) in [5.41, 5.74) is 0. The molecule has 0 aromatic rings. The van der Waals surface area contributed by atoms with Crippen LogP contribution < -0.4 is 0 Å². The van der Waals surface area contributed by atoms with Crippen molar-refractivity contribution >= 4 is 17.6 Å². The van der Waals surface area contributed by atoms with Crippen LogP contribution in [-0.2, 0) is 9.53 Å². The quantitative estimate of drug-likeness (QED) is 0.653. The van der Waals surface area contributed by atoms with Crippen molar-refractivity contribution in [2.45, 2.75) is 31.7 Å². The number of ether oxygens (including phenoxy) is 1. The highest BCUT2D eigenvalue weighted by atomic mass is 35.5. The van der Waals surface area contributed by atoms with Gasteiger partial charge in [0.15, 0.2) is 5.38 Å². The third-order valence-corrected chi connectivity index (χ3v) is 1.68. The molecule has 2 unspecified atom stereocenters. The first-order valence-electron chi connectivity index (χ1n) is 3.56. The predicted molar refractivity (Wildman–Crippen MR) is 43.0 cm³/mol. The van der Waals surface area contributed by atoms with Crippen LogP contribution >= 0.6 is 11.6 Å². The molecule has 11 heavy (non-hydrogen) atoms. The number of carboxylic acid groups (broad SMARTS) is 1. The average Bonchev–Trinajstić information content (AvgIpc) is 1.99. The van der Waals surface area contributed by atoms with Gasteiger partial charge in [0.1, 0.15) is 0 Å². The van der Waals surface area contributed by atoms with Crippen molar-refractivity contribution in [2.75, 3.05) is 6.61 Å². The molecule has 0 radical (unpaired) electrons. The van der Waals surface area contributed by atoms with Crippen LogP contribution in [0.3, 0.4) is 0 Å². The third kappa shape index (κ3) is 5.04. The highest BCUT2D eigenvalue weighted by Gasteiger charge is 2.14. The zero-order valence-electron chi connectivity index (χ0n) is 6.71. The van der Waals surface area contributed by atoms with Crippen LogP contribution in [0.2, 0.25) is 0 Å². The molecular weight excluding hydrogens is 168 g/mol. The first kappa shape index (κ1) is 10.7. The van der Waals surface area contributed by atoms with Crippen LogP contribution in [0.5, 0.6) is 0 Å². The smallest absolute Gasteiger partial charge is 0.324 e. The van der Waals surface area contributed by atoms with E-state index in [4.69, 9.17) is 21.4 Å². The highest BCUT2D eigenvalue weighted by molar-refractivity contribution is 6.29. The maximum absolute atomic E-state index is 10.2. The van der Waals surface area contributed by atoms with E-state index in [0.29, 0.717) is 0 Å². The lowest BCUT2D eigenvalue weighted by Gasteiger charge is -2.11. The Labute approximate surface area is 71.3 Å². The van der Waals surface area contributed by atoms with Gasteiger partial charge in [0.2, 0.25) is 0 Å². The molecule has 0 aliphatic rings. The van der Waals surface area contributed by atoms with Gasteiger partial charge in [0.25, 0.3) is 0 Å². The van der Waals surface area contributed by atoms with E-state index in [1.54, 1.807) is 0 Å². The summed E-state index contributed by atoms with van der Waals surface area (Å²) < 4.78 is 5.10. The van der Waals surface area contributed by atoms with E-state index in [2.05, 4.69) is 0 Å². The Morgan fingerprint density at radius 2 is 2.27 bits per heavy atom. The summed E-state index contributed by atoms with van der Waals surface area (Å²) in [6.45, 7) is 3.92. The molecule has 0 fully saturated rings. The van der Waals surface area contributed by atoms with E-state index in [0.717, 1.165) is 6.42 Å². The number of alkyl halides is 1. The van der Waals surface area contributed by atoms with Crippen LogP contribution in [0.25, 0.3) is 0 Å². The van der Waals surface area contributed by atoms with Gasteiger partial charge >= 0.3 is 5.97 Å². The molecule has 0 aromatic carbocycles. The van der Waals surface area contributed by atoms with E-state index in [1.165, 1.54) is 0 Å². The fourth-order valence-electron chi connectivity index (χ4n) is 0.438. The summed E-state index contributed by atoms with van der Waals surface area (Å²) >= 11 is 5.39. The van der Waals surface area contributed by atoms with Gasteiger partial charge in [-0.2, -0.15) is 0 Å². The Morgan fingerprint density at radius 1 is 1.73 bits per heavy atom. The van der Waals surface area contributed by atoms with Crippen molar-refractivity contribution in [1.29, 1.82) is 0 Å². The molecule has 0 saturated heterocycles. The summed E-state index contributed by atoms with van der Waals surface area (Å²) in [6, 6.07) is 0. The summed E-state index contributed by atoms with van der Waals surface area (Å²) in [4.78, 5) is 10.2. The molecule has 2 atom stereocenters. The normalized spacial score (nSPS) is 15.9. The lowest BCUT2D eigenvalue weighted by molar-refractivity contribution is -0.138. The highest BCUT2D eigenvalue weighted by Crippen LogP contribution is 2.01. The monoisotopic (exact) mass is 180 g/mol. The first-order chi connectivity index (χ1) is 5.07. The van der Waals surface area contributed by atoms with Gasteiger partial charge in [-0.15, -0.1) is 11.6 Å². The summed E-state index contributed by atoms with van der Waals surface area (Å²) in [5, 5.41) is 7.43.